The number of ether oxygens (including phenoxy) is 2. The first-order chi connectivity index (χ1) is 15.9. The molecule has 33 heavy (non-hydrogen) atoms. The first kappa shape index (κ1) is 24.3. The van der Waals surface area contributed by atoms with E-state index in [2.05, 4.69) is 31.8 Å². The van der Waals surface area contributed by atoms with Crippen molar-refractivity contribution in [3.05, 3.63) is 92.9 Å². The molecule has 0 aliphatic heterocycles. The fourth-order valence-electron chi connectivity index (χ4n) is 2.74. The van der Waals surface area contributed by atoms with Gasteiger partial charge in [0.05, 0.1) is 19.9 Å². The third-order valence-electron chi connectivity index (χ3n) is 4.39. The van der Waals surface area contributed by atoms with Crippen LogP contribution in [-0.2, 0) is 11.4 Å². The molecule has 9 heteroatoms. The van der Waals surface area contributed by atoms with Crippen LogP contribution in [0.1, 0.15) is 21.5 Å². The summed E-state index contributed by atoms with van der Waals surface area (Å²) >= 11 is 9.20. The number of hydrogen-bond donors (Lipinski definition) is 2. The SMILES string of the molecule is COc1cc(/C=N/NC(=O)CNC(=O)c2cccc(Br)c2)ccc1OCc1ccc(Cl)cc1. The molecular formula is C24H21BrClN3O4. The summed E-state index contributed by atoms with van der Waals surface area (Å²) in [5, 5.41) is 7.13. The molecule has 0 heterocycles. The maximum atomic E-state index is 12.1. The molecule has 2 amide bonds. The Bertz CT molecular complexity index is 1150. The van der Waals surface area contributed by atoms with Gasteiger partial charge in [-0.25, -0.2) is 5.43 Å². The molecule has 0 spiro atoms. The number of halogens is 2. The highest BCUT2D eigenvalue weighted by molar-refractivity contribution is 9.10. The normalized spacial score (nSPS) is 10.6. The van der Waals surface area contributed by atoms with Crippen LogP contribution in [-0.4, -0.2) is 31.7 Å². The number of nitrogens with one attached hydrogen (secondary N) is 2. The van der Waals surface area contributed by atoms with Crippen LogP contribution < -0.4 is 20.2 Å². The summed E-state index contributed by atoms with van der Waals surface area (Å²) in [6, 6.07) is 19.5. The molecular weight excluding hydrogens is 510 g/mol. The Morgan fingerprint density at radius 1 is 1.06 bits per heavy atom. The van der Waals surface area contributed by atoms with Gasteiger partial charge >= 0.3 is 0 Å². The van der Waals surface area contributed by atoms with Crippen molar-refractivity contribution in [1.29, 1.82) is 0 Å². The molecule has 3 aromatic carbocycles. The summed E-state index contributed by atoms with van der Waals surface area (Å²) in [4.78, 5) is 24.0. The summed E-state index contributed by atoms with van der Waals surface area (Å²) < 4.78 is 12.0. The summed E-state index contributed by atoms with van der Waals surface area (Å²) in [6.45, 7) is 0.159. The van der Waals surface area contributed by atoms with Crippen LogP contribution in [0.3, 0.4) is 0 Å². The van der Waals surface area contributed by atoms with Crippen molar-refractivity contribution >= 4 is 45.6 Å². The van der Waals surface area contributed by atoms with Crippen LogP contribution >= 0.6 is 27.5 Å². The van der Waals surface area contributed by atoms with Crippen molar-refractivity contribution in [3.8, 4) is 11.5 Å². The molecule has 0 radical (unpaired) electrons. The first-order valence-electron chi connectivity index (χ1n) is 9.85. The van der Waals surface area contributed by atoms with Crippen molar-refractivity contribution in [2.75, 3.05) is 13.7 Å². The summed E-state index contributed by atoms with van der Waals surface area (Å²) in [6.07, 6.45) is 1.47. The highest BCUT2D eigenvalue weighted by Crippen LogP contribution is 2.28. The molecule has 0 saturated heterocycles. The number of carbonyl (C=O) groups is 2. The second-order valence-corrected chi connectivity index (χ2v) is 8.16. The van der Waals surface area contributed by atoms with E-state index in [-0.39, 0.29) is 12.5 Å². The molecule has 7 nitrogen and oxygen atoms in total. The van der Waals surface area contributed by atoms with E-state index in [4.69, 9.17) is 21.1 Å². The monoisotopic (exact) mass is 529 g/mol. The summed E-state index contributed by atoms with van der Waals surface area (Å²) in [5.74, 6) is 0.295. The Morgan fingerprint density at radius 2 is 1.85 bits per heavy atom. The molecule has 0 bridgehead atoms. The highest BCUT2D eigenvalue weighted by Gasteiger charge is 2.08. The quantitative estimate of drug-likeness (QED) is 0.313. The average Bonchev–Trinajstić information content (AvgIpc) is 2.82. The van der Waals surface area contributed by atoms with Gasteiger partial charge in [0.15, 0.2) is 11.5 Å². The Morgan fingerprint density at radius 3 is 2.58 bits per heavy atom. The Balaban J connectivity index is 1.50. The Hall–Kier alpha value is -3.36. The minimum Gasteiger partial charge on any atom is -0.493 e. The minimum atomic E-state index is -0.454. The largest absolute Gasteiger partial charge is 0.493 e. The molecule has 0 aliphatic carbocycles. The van der Waals surface area contributed by atoms with Gasteiger partial charge < -0.3 is 14.8 Å². The van der Waals surface area contributed by atoms with Gasteiger partial charge in [0.25, 0.3) is 11.8 Å². The lowest BCUT2D eigenvalue weighted by Gasteiger charge is -2.11. The van der Waals surface area contributed by atoms with Crippen LogP contribution in [0.25, 0.3) is 0 Å². The summed E-state index contributed by atoms with van der Waals surface area (Å²) in [7, 11) is 1.54. The van der Waals surface area contributed by atoms with E-state index in [1.807, 2.05) is 18.2 Å². The van der Waals surface area contributed by atoms with Gasteiger partial charge in [0, 0.05) is 15.1 Å². The van der Waals surface area contributed by atoms with Crippen molar-refractivity contribution in [2.45, 2.75) is 6.61 Å². The third kappa shape index (κ3) is 7.62. The van der Waals surface area contributed by atoms with E-state index < -0.39 is 5.91 Å². The predicted molar refractivity (Wildman–Crippen MR) is 131 cm³/mol. The zero-order valence-electron chi connectivity index (χ0n) is 17.7. The fourth-order valence-corrected chi connectivity index (χ4v) is 3.26. The van der Waals surface area contributed by atoms with Gasteiger partial charge in [0.1, 0.15) is 6.61 Å². The van der Waals surface area contributed by atoms with Gasteiger partial charge in [-0.2, -0.15) is 5.10 Å². The lowest BCUT2D eigenvalue weighted by Crippen LogP contribution is -2.34. The van der Waals surface area contributed by atoms with Crippen LogP contribution in [0, 0.1) is 0 Å². The van der Waals surface area contributed by atoms with E-state index in [1.54, 1.807) is 55.6 Å². The van der Waals surface area contributed by atoms with E-state index >= 15 is 0 Å². The van der Waals surface area contributed by atoms with E-state index in [0.717, 1.165) is 10.0 Å². The molecule has 0 aromatic heterocycles. The van der Waals surface area contributed by atoms with Crippen molar-refractivity contribution in [3.63, 3.8) is 0 Å². The zero-order chi connectivity index (χ0) is 23.6. The number of hydrogen-bond acceptors (Lipinski definition) is 5. The zero-order valence-corrected chi connectivity index (χ0v) is 20.0. The van der Waals surface area contributed by atoms with Crippen LogP contribution in [0.5, 0.6) is 11.5 Å². The lowest BCUT2D eigenvalue weighted by molar-refractivity contribution is -0.120. The number of nitrogens with zero attached hydrogens (tertiary/aromatic N) is 1. The first-order valence-corrected chi connectivity index (χ1v) is 11.0. The topological polar surface area (TPSA) is 89.0 Å². The number of hydrazone groups is 1. The van der Waals surface area contributed by atoms with Gasteiger partial charge in [-0.3, -0.25) is 9.59 Å². The maximum absolute atomic E-state index is 12.1. The van der Waals surface area contributed by atoms with E-state index in [9.17, 15) is 9.59 Å². The molecule has 0 saturated carbocycles. The van der Waals surface area contributed by atoms with Crippen molar-refractivity contribution in [1.82, 2.24) is 10.7 Å². The van der Waals surface area contributed by atoms with Gasteiger partial charge in [-0.1, -0.05) is 45.7 Å². The number of methoxy groups -OCH3 is 1. The van der Waals surface area contributed by atoms with Gasteiger partial charge in [0.2, 0.25) is 0 Å². The van der Waals surface area contributed by atoms with Gasteiger partial charge in [-0.15, -0.1) is 0 Å². The standard InChI is InChI=1S/C24H21BrClN3O4/c1-32-22-11-17(7-10-21(22)33-15-16-5-8-20(26)9-6-16)13-28-29-23(30)14-27-24(31)18-3-2-4-19(25)12-18/h2-13H,14-15H2,1H3,(H,27,31)(H,29,30)/b28-13+. The molecule has 0 atom stereocenters. The van der Waals surface area contributed by atoms with E-state index in [1.165, 1.54) is 6.21 Å². The molecule has 0 unspecified atom stereocenters. The second-order valence-electron chi connectivity index (χ2n) is 6.81. The molecule has 0 fully saturated rings. The fraction of sp³-hybridized carbons (Fsp3) is 0.125. The second kappa shape index (κ2) is 12.0. The predicted octanol–water partition coefficient (Wildman–Crippen LogP) is 4.57. The number of rotatable bonds is 9. The number of amides is 2. The molecule has 3 aromatic rings. The smallest absolute Gasteiger partial charge is 0.259 e. The number of carbonyl (C=O) groups excluding carboxylic acids is 2. The van der Waals surface area contributed by atoms with Crippen LogP contribution in [0.4, 0.5) is 0 Å². The van der Waals surface area contributed by atoms with Gasteiger partial charge in [-0.05, 0) is 59.7 Å². The molecule has 170 valence electrons. The van der Waals surface area contributed by atoms with E-state index in [0.29, 0.717) is 34.3 Å². The van der Waals surface area contributed by atoms with Crippen molar-refractivity contribution in [2.24, 2.45) is 5.10 Å². The Labute approximate surface area is 204 Å². The molecule has 0 aliphatic rings. The summed E-state index contributed by atoms with van der Waals surface area (Å²) in [5.41, 5.74) is 4.50. The maximum Gasteiger partial charge on any atom is 0.259 e. The van der Waals surface area contributed by atoms with Crippen molar-refractivity contribution < 1.29 is 19.1 Å². The minimum absolute atomic E-state index is 0.205. The Kier molecular flexibility index (Phi) is 8.86. The van der Waals surface area contributed by atoms with Crippen LogP contribution in [0.15, 0.2) is 76.3 Å². The average molecular weight is 531 g/mol. The lowest BCUT2D eigenvalue weighted by atomic mass is 10.2. The third-order valence-corrected chi connectivity index (χ3v) is 5.14. The highest BCUT2D eigenvalue weighted by atomic mass is 79.9. The van der Waals surface area contributed by atoms with Crippen LogP contribution in [0.2, 0.25) is 5.02 Å². The molecule has 3 rings (SSSR count). The number of benzene rings is 3. The molecule has 2 N–H and O–H groups in total.